The first-order chi connectivity index (χ1) is 7.33. The number of nitrogens with two attached hydrogens (primary N) is 1. The zero-order valence-corrected chi connectivity index (χ0v) is 8.73. The van der Waals surface area contributed by atoms with Crippen molar-refractivity contribution in [3.8, 4) is 18.2 Å². The third-order valence-corrected chi connectivity index (χ3v) is 2.15. The Morgan fingerprint density at radius 3 is 3.13 bits per heavy atom. The second-order valence-electron chi connectivity index (χ2n) is 3.06. The molecule has 1 rings (SSSR count). The minimum Gasteiger partial charge on any atom is -0.481 e. The van der Waals surface area contributed by atoms with Gasteiger partial charge in [0.2, 0.25) is 5.88 Å². The zero-order chi connectivity index (χ0) is 11.1. The van der Waals surface area contributed by atoms with Crippen LogP contribution in [0, 0.1) is 12.3 Å². The molecule has 0 aliphatic carbocycles. The van der Waals surface area contributed by atoms with Gasteiger partial charge in [0.1, 0.15) is 0 Å². The predicted molar refractivity (Wildman–Crippen MR) is 58.9 cm³/mol. The van der Waals surface area contributed by atoms with Crippen molar-refractivity contribution in [2.45, 2.75) is 18.9 Å². The second-order valence-corrected chi connectivity index (χ2v) is 3.06. The average molecular weight is 205 g/mol. The van der Waals surface area contributed by atoms with Crippen molar-refractivity contribution in [1.29, 1.82) is 0 Å². The molecule has 0 saturated heterocycles. The van der Waals surface area contributed by atoms with Gasteiger partial charge in [-0.15, -0.1) is 12.3 Å². The molecule has 3 N–H and O–H groups in total. The normalized spacial score (nSPS) is 11.8. The van der Waals surface area contributed by atoms with E-state index in [1.54, 1.807) is 13.3 Å². The van der Waals surface area contributed by atoms with Crippen LogP contribution in [-0.4, -0.2) is 12.1 Å². The molecule has 0 aromatic carbocycles. The number of nitrogens with zero attached hydrogens (tertiary/aromatic N) is 1. The van der Waals surface area contributed by atoms with Gasteiger partial charge in [-0.25, -0.2) is 4.98 Å². The molecule has 0 fully saturated rings. The van der Waals surface area contributed by atoms with Crippen molar-refractivity contribution in [1.82, 2.24) is 10.4 Å². The number of rotatable bonds is 5. The highest BCUT2D eigenvalue weighted by Gasteiger charge is 2.14. The highest BCUT2D eigenvalue weighted by molar-refractivity contribution is 5.28. The summed E-state index contributed by atoms with van der Waals surface area (Å²) in [6.07, 6.45) is 8.31. The summed E-state index contributed by atoms with van der Waals surface area (Å²) in [6, 6.07) is 3.75. The fourth-order valence-electron chi connectivity index (χ4n) is 1.40. The minimum absolute atomic E-state index is 0.0234. The first kappa shape index (κ1) is 11.5. The minimum atomic E-state index is -0.0234. The number of aromatic nitrogens is 1. The Labute approximate surface area is 89.8 Å². The molecule has 4 heteroatoms. The Morgan fingerprint density at radius 1 is 1.73 bits per heavy atom. The van der Waals surface area contributed by atoms with Crippen molar-refractivity contribution in [3.05, 3.63) is 23.9 Å². The summed E-state index contributed by atoms with van der Waals surface area (Å²) in [6.45, 7) is 0. The standard InChI is InChI=1S/C11H15N3O/c1-3-4-7-10(14-12)9-6-5-8-13-11(9)15-2/h1,5-6,8,10,14H,4,7,12H2,2H3. The molecule has 0 spiro atoms. The molecule has 0 radical (unpaired) electrons. The Hall–Kier alpha value is -1.57. The number of methoxy groups -OCH3 is 1. The smallest absolute Gasteiger partial charge is 0.217 e. The van der Waals surface area contributed by atoms with E-state index in [4.69, 9.17) is 17.0 Å². The van der Waals surface area contributed by atoms with E-state index in [0.717, 1.165) is 12.0 Å². The first-order valence-electron chi connectivity index (χ1n) is 4.72. The first-order valence-corrected chi connectivity index (χ1v) is 4.72. The van der Waals surface area contributed by atoms with Crippen LogP contribution in [0.4, 0.5) is 0 Å². The Balaban J connectivity index is 2.86. The van der Waals surface area contributed by atoms with Gasteiger partial charge >= 0.3 is 0 Å². The molecule has 1 heterocycles. The largest absolute Gasteiger partial charge is 0.481 e. The van der Waals surface area contributed by atoms with E-state index in [0.29, 0.717) is 12.3 Å². The monoisotopic (exact) mass is 205 g/mol. The molecule has 80 valence electrons. The van der Waals surface area contributed by atoms with Crippen LogP contribution in [0.15, 0.2) is 18.3 Å². The van der Waals surface area contributed by atoms with E-state index in [-0.39, 0.29) is 6.04 Å². The Kier molecular flexibility index (Phi) is 4.61. The molecule has 0 aliphatic rings. The topological polar surface area (TPSA) is 60.2 Å². The van der Waals surface area contributed by atoms with Gasteiger partial charge in [-0.2, -0.15) is 0 Å². The van der Waals surface area contributed by atoms with Crippen molar-refractivity contribution in [2.24, 2.45) is 5.84 Å². The summed E-state index contributed by atoms with van der Waals surface area (Å²) in [7, 11) is 1.58. The number of pyridine rings is 1. The SMILES string of the molecule is C#CCCC(NN)c1cccnc1OC. The summed E-state index contributed by atoms with van der Waals surface area (Å²) in [5.41, 5.74) is 3.64. The molecular formula is C11H15N3O. The van der Waals surface area contributed by atoms with Gasteiger partial charge in [-0.1, -0.05) is 6.07 Å². The number of hydrazine groups is 1. The maximum absolute atomic E-state index is 5.47. The summed E-state index contributed by atoms with van der Waals surface area (Å²) >= 11 is 0. The summed E-state index contributed by atoms with van der Waals surface area (Å²) < 4.78 is 5.15. The number of terminal acetylenes is 1. The lowest BCUT2D eigenvalue weighted by atomic mass is 10.0. The van der Waals surface area contributed by atoms with E-state index < -0.39 is 0 Å². The molecule has 1 unspecified atom stereocenters. The van der Waals surface area contributed by atoms with Gasteiger partial charge in [0.05, 0.1) is 13.2 Å². The van der Waals surface area contributed by atoms with Crippen LogP contribution < -0.4 is 16.0 Å². The van der Waals surface area contributed by atoms with Gasteiger partial charge < -0.3 is 4.74 Å². The van der Waals surface area contributed by atoms with E-state index in [1.807, 2.05) is 12.1 Å². The molecule has 1 atom stereocenters. The molecule has 0 amide bonds. The predicted octanol–water partition coefficient (Wildman–Crippen LogP) is 1.01. The highest BCUT2D eigenvalue weighted by atomic mass is 16.5. The van der Waals surface area contributed by atoms with Crippen LogP contribution in [0.5, 0.6) is 5.88 Å². The van der Waals surface area contributed by atoms with Gasteiger partial charge in [0.15, 0.2) is 0 Å². The molecule has 0 aliphatic heterocycles. The fourth-order valence-corrected chi connectivity index (χ4v) is 1.40. The van der Waals surface area contributed by atoms with Crippen LogP contribution in [0.3, 0.4) is 0 Å². The van der Waals surface area contributed by atoms with E-state index >= 15 is 0 Å². The number of hydrogen-bond donors (Lipinski definition) is 2. The van der Waals surface area contributed by atoms with Crippen LogP contribution in [0.2, 0.25) is 0 Å². The van der Waals surface area contributed by atoms with Crippen molar-refractivity contribution < 1.29 is 4.74 Å². The fraction of sp³-hybridized carbons (Fsp3) is 0.364. The Bertz CT molecular complexity index is 346. The summed E-state index contributed by atoms with van der Waals surface area (Å²) in [5, 5.41) is 0. The molecule has 0 bridgehead atoms. The summed E-state index contributed by atoms with van der Waals surface area (Å²) in [4.78, 5) is 4.10. The lowest BCUT2D eigenvalue weighted by molar-refractivity contribution is 0.380. The van der Waals surface area contributed by atoms with Crippen molar-refractivity contribution in [3.63, 3.8) is 0 Å². The maximum atomic E-state index is 5.47. The molecule has 4 nitrogen and oxygen atoms in total. The van der Waals surface area contributed by atoms with Gasteiger partial charge in [-0.05, 0) is 12.5 Å². The van der Waals surface area contributed by atoms with Crippen LogP contribution >= 0.6 is 0 Å². The Morgan fingerprint density at radius 2 is 2.53 bits per heavy atom. The molecular weight excluding hydrogens is 190 g/mol. The zero-order valence-electron chi connectivity index (χ0n) is 8.73. The summed E-state index contributed by atoms with van der Waals surface area (Å²) in [5.74, 6) is 8.63. The average Bonchev–Trinajstić information content (AvgIpc) is 2.30. The molecule has 0 saturated carbocycles. The molecule has 1 aromatic heterocycles. The van der Waals surface area contributed by atoms with E-state index in [2.05, 4.69) is 16.3 Å². The third kappa shape index (κ3) is 2.94. The van der Waals surface area contributed by atoms with E-state index in [1.165, 1.54) is 0 Å². The van der Waals surface area contributed by atoms with Crippen LogP contribution in [0.1, 0.15) is 24.4 Å². The van der Waals surface area contributed by atoms with Gasteiger partial charge in [0.25, 0.3) is 0 Å². The molecule has 15 heavy (non-hydrogen) atoms. The quantitative estimate of drug-likeness (QED) is 0.428. The highest BCUT2D eigenvalue weighted by Crippen LogP contribution is 2.24. The van der Waals surface area contributed by atoms with Crippen molar-refractivity contribution in [2.75, 3.05) is 7.11 Å². The van der Waals surface area contributed by atoms with E-state index in [9.17, 15) is 0 Å². The van der Waals surface area contributed by atoms with Crippen LogP contribution in [0.25, 0.3) is 0 Å². The lowest BCUT2D eigenvalue weighted by Crippen LogP contribution is -2.28. The number of nitrogens with one attached hydrogen (secondary N) is 1. The maximum Gasteiger partial charge on any atom is 0.217 e. The number of hydrogen-bond acceptors (Lipinski definition) is 4. The van der Waals surface area contributed by atoms with Crippen LogP contribution in [-0.2, 0) is 0 Å². The van der Waals surface area contributed by atoms with Crippen molar-refractivity contribution >= 4 is 0 Å². The van der Waals surface area contributed by atoms with Gasteiger partial charge in [0, 0.05) is 18.2 Å². The number of ether oxygens (including phenoxy) is 1. The third-order valence-electron chi connectivity index (χ3n) is 2.15. The lowest BCUT2D eigenvalue weighted by Gasteiger charge is -2.16. The second kappa shape index (κ2) is 6.02. The van der Waals surface area contributed by atoms with Gasteiger partial charge in [-0.3, -0.25) is 11.3 Å². The molecule has 1 aromatic rings.